The van der Waals surface area contributed by atoms with Crippen molar-refractivity contribution < 1.29 is 19.4 Å². The van der Waals surface area contributed by atoms with Gasteiger partial charge in [0.25, 0.3) is 5.91 Å². The number of hydrogen-bond acceptors (Lipinski definition) is 6. The Bertz CT molecular complexity index is 1330. The molecule has 39 heavy (non-hydrogen) atoms. The van der Waals surface area contributed by atoms with Crippen molar-refractivity contribution in [3.63, 3.8) is 0 Å². The van der Waals surface area contributed by atoms with Gasteiger partial charge in [-0.25, -0.2) is 9.79 Å². The van der Waals surface area contributed by atoms with Gasteiger partial charge < -0.3 is 19.6 Å². The second-order valence-electron chi connectivity index (χ2n) is 10.5. The molecule has 0 radical (unpaired) electrons. The summed E-state index contributed by atoms with van der Waals surface area (Å²) in [5.74, 6) is -1.02. The quantitative estimate of drug-likeness (QED) is 0.388. The van der Waals surface area contributed by atoms with Gasteiger partial charge in [0.05, 0.1) is 18.7 Å². The molecule has 1 saturated heterocycles. The number of benzene rings is 2. The fourth-order valence-corrected chi connectivity index (χ4v) is 7.37. The Balaban J connectivity index is 1.54. The summed E-state index contributed by atoms with van der Waals surface area (Å²) in [6.45, 7) is 6.77. The zero-order valence-electron chi connectivity index (χ0n) is 22.1. The number of likely N-dealkylation sites (tertiary alicyclic amines) is 1. The molecule has 0 bridgehead atoms. The number of amides is 1. The minimum atomic E-state index is -1.02. The van der Waals surface area contributed by atoms with E-state index in [2.05, 4.69) is 25.7 Å². The molecule has 206 valence electrons. The van der Waals surface area contributed by atoms with Crippen LogP contribution in [0.1, 0.15) is 50.8 Å². The predicted molar refractivity (Wildman–Crippen MR) is 155 cm³/mol. The number of allylic oxidation sites excluding steroid dienone is 1. The Morgan fingerprint density at radius 2 is 1.77 bits per heavy atom. The first-order valence-electron chi connectivity index (χ1n) is 13.0. The highest BCUT2D eigenvalue weighted by atomic mass is 35.5. The summed E-state index contributed by atoms with van der Waals surface area (Å²) in [4.78, 5) is 34.9. The average Bonchev–Trinajstić information content (AvgIpc) is 3.57. The van der Waals surface area contributed by atoms with E-state index in [-0.39, 0.29) is 37.1 Å². The highest BCUT2D eigenvalue weighted by Gasteiger charge is 2.53. The molecular formula is C29H31Cl2N3O4S. The van der Waals surface area contributed by atoms with Crippen molar-refractivity contribution in [3.8, 4) is 0 Å². The van der Waals surface area contributed by atoms with Gasteiger partial charge in [0, 0.05) is 22.3 Å². The summed E-state index contributed by atoms with van der Waals surface area (Å²) in [6.07, 6.45) is 1.64. The van der Waals surface area contributed by atoms with Crippen LogP contribution in [0.3, 0.4) is 0 Å². The van der Waals surface area contributed by atoms with Gasteiger partial charge in [-0.05, 0) is 72.8 Å². The lowest BCUT2D eigenvalue weighted by Crippen LogP contribution is -2.40. The summed E-state index contributed by atoms with van der Waals surface area (Å²) < 4.78 is 5.37. The number of fused-ring (bicyclic) bond motifs is 1. The molecule has 0 spiro atoms. The van der Waals surface area contributed by atoms with Gasteiger partial charge in [-0.15, -0.1) is 0 Å². The molecule has 3 aliphatic rings. The lowest BCUT2D eigenvalue weighted by molar-refractivity contribution is -0.143. The van der Waals surface area contributed by atoms with Crippen LogP contribution in [-0.2, 0) is 19.9 Å². The molecule has 0 saturated carbocycles. The zero-order chi connectivity index (χ0) is 27.9. The standard InChI is InChI=1S/C29H31Cl2N3O4S/c1-17(2)24-25(27(37)33-14-4-5-22(33)15-38-16-23(35)36)39-28-32-29(3,19-8-12-21(31)13-9-19)26(34(24)28)18-6-10-20(30)11-7-18/h6-13,17,22,26H,4-5,14-16H2,1-3H3,(H,35,36)/t22-,26+,29-/m0/s1. The number of hydrogen-bond donors (Lipinski definition) is 1. The molecule has 3 atom stereocenters. The molecule has 0 aliphatic carbocycles. The van der Waals surface area contributed by atoms with Crippen LogP contribution < -0.4 is 0 Å². The minimum Gasteiger partial charge on any atom is -0.480 e. The number of thioether (sulfide) groups is 1. The van der Waals surface area contributed by atoms with E-state index in [9.17, 15) is 9.59 Å². The van der Waals surface area contributed by atoms with Gasteiger partial charge in [-0.2, -0.15) is 0 Å². The number of carboxylic acids is 1. The molecule has 2 aromatic carbocycles. The summed E-state index contributed by atoms with van der Waals surface area (Å²) in [7, 11) is 0. The van der Waals surface area contributed by atoms with E-state index in [1.54, 1.807) is 0 Å². The maximum Gasteiger partial charge on any atom is 0.329 e. The van der Waals surface area contributed by atoms with Gasteiger partial charge in [0.15, 0.2) is 5.17 Å². The molecule has 7 nitrogen and oxygen atoms in total. The predicted octanol–water partition coefficient (Wildman–Crippen LogP) is 6.33. The molecule has 5 rings (SSSR count). The van der Waals surface area contributed by atoms with Crippen molar-refractivity contribution in [1.29, 1.82) is 0 Å². The van der Waals surface area contributed by atoms with Crippen LogP contribution in [0.25, 0.3) is 0 Å². The maximum atomic E-state index is 14.0. The van der Waals surface area contributed by atoms with E-state index in [0.717, 1.165) is 34.8 Å². The van der Waals surface area contributed by atoms with Gasteiger partial charge in [-0.3, -0.25) is 4.79 Å². The summed E-state index contributed by atoms with van der Waals surface area (Å²) in [5.41, 5.74) is 2.39. The van der Waals surface area contributed by atoms with E-state index < -0.39 is 11.5 Å². The number of halogens is 2. The first-order valence-corrected chi connectivity index (χ1v) is 14.6. The van der Waals surface area contributed by atoms with Crippen molar-refractivity contribution >= 4 is 52.0 Å². The van der Waals surface area contributed by atoms with Crippen LogP contribution in [0.15, 0.2) is 64.1 Å². The first kappa shape index (κ1) is 28.0. The Kier molecular flexibility index (Phi) is 8.02. The molecule has 0 unspecified atom stereocenters. The fourth-order valence-electron chi connectivity index (χ4n) is 5.75. The largest absolute Gasteiger partial charge is 0.480 e. The van der Waals surface area contributed by atoms with E-state index in [1.807, 2.05) is 53.4 Å². The lowest BCUT2D eigenvalue weighted by atomic mass is 9.81. The number of aliphatic imine (C=N–C) groups is 1. The third-order valence-corrected chi connectivity index (χ3v) is 9.10. The molecule has 1 amide bonds. The van der Waals surface area contributed by atoms with Crippen molar-refractivity contribution in [2.24, 2.45) is 10.9 Å². The van der Waals surface area contributed by atoms with Gasteiger partial charge in [0.1, 0.15) is 17.1 Å². The van der Waals surface area contributed by atoms with Crippen molar-refractivity contribution in [2.75, 3.05) is 19.8 Å². The topological polar surface area (TPSA) is 82.4 Å². The average molecular weight is 589 g/mol. The van der Waals surface area contributed by atoms with Gasteiger partial charge in [-0.1, -0.05) is 61.3 Å². The number of amidine groups is 1. The van der Waals surface area contributed by atoms with Crippen LogP contribution in [0.2, 0.25) is 10.0 Å². The van der Waals surface area contributed by atoms with Crippen LogP contribution in [-0.4, -0.2) is 57.8 Å². The van der Waals surface area contributed by atoms with Crippen LogP contribution in [0.5, 0.6) is 0 Å². The summed E-state index contributed by atoms with van der Waals surface area (Å²) >= 11 is 13.9. The van der Waals surface area contributed by atoms with Crippen LogP contribution in [0, 0.1) is 5.92 Å². The van der Waals surface area contributed by atoms with Crippen molar-refractivity contribution in [2.45, 2.75) is 51.2 Å². The second-order valence-corrected chi connectivity index (χ2v) is 12.4. The Morgan fingerprint density at radius 3 is 2.38 bits per heavy atom. The lowest BCUT2D eigenvalue weighted by Gasteiger charge is -2.37. The zero-order valence-corrected chi connectivity index (χ0v) is 24.4. The smallest absolute Gasteiger partial charge is 0.329 e. The summed E-state index contributed by atoms with van der Waals surface area (Å²) in [6, 6.07) is 15.3. The molecule has 1 N–H and O–H groups in total. The SMILES string of the molecule is CC(C)C1=C(C(=O)N2CCC[C@H]2COCC(=O)O)SC2=N[C@@](C)(c3ccc(Cl)cc3)[C@@H](c3ccc(Cl)cc3)N21. The Hall–Kier alpha value is -2.52. The highest BCUT2D eigenvalue weighted by molar-refractivity contribution is 8.18. The molecule has 10 heteroatoms. The second kappa shape index (κ2) is 11.2. The van der Waals surface area contributed by atoms with E-state index in [1.165, 1.54) is 11.8 Å². The maximum absolute atomic E-state index is 14.0. The fraction of sp³-hybridized carbons (Fsp3) is 0.414. The monoisotopic (exact) mass is 587 g/mol. The van der Waals surface area contributed by atoms with Gasteiger partial charge >= 0.3 is 5.97 Å². The number of nitrogens with zero attached hydrogens (tertiary/aromatic N) is 3. The summed E-state index contributed by atoms with van der Waals surface area (Å²) in [5, 5.41) is 11.1. The molecular weight excluding hydrogens is 557 g/mol. The Labute approximate surface area is 242 Å². The first-order chi connectivity index (χ1) is 18.6. The molecule has 1 fully saturated rings. The number of rotatable bonds is 8. The minimum absolute atomic E-state index is 0.0507. The van der Waals surface area contributed by atoms with E-state index in [0.29, 0.717) is 21.5 Å². The van der Waals surface area contributed by atoms with Crippen molar-refractivity contribution in [1.82, 2.24) is 9.80 Å². The normalized spacial score (nSPS) is 24.5. The number of carbonyl (C=O) groups is 2. The van der Waals surface area contributed by atoms with Crippen LogP contribution in [0.4, 0.5) is 0 Å². The highest BCUT2D eigenvalue weighted by Crippen LogP contribution is 2.56. The van der Waals surface area contributed by atoms with E-state index >= 15 is 0 Å². The third kappa shape index (κ3) is 5.32. The van der Waals surface area contributed by atoms with Crippen LogP contribution >= 0.6 is 35.0 Å². The molecule has 3 aliphatic heterocycles. The Morgan fingerprint density at radius 1 is 1.13 bits per heavy atom. The molecule has 3 heterocycles. The number of ether oxygens (including phenoxy) is 1. The number of carbonyl (C=O) groups excluding carboxylic acids is 1. The van der Waals surface area contributed by atoms with E-state index in [4.69, 9.17) is 38.0 Å². The number of aliphatic carboxylic acids is 1. The number of carboxylic acid groups (broad SMARTS) is 1. The van der Waals surface area contributed by atoms with Gasteiger partial charge in [0.2, 0.25) is 0 Å². The molecule has 0 aromatic heterocycles. The molecule has 2 aromatic rings. The third-order valence-electron chi connectivity index (χ3n) is 7.54. The van der Waals surface area contributed by atoms with Crippen molar-refractivity contribution in [3.05, 3.63) is 80.3 Å².